The topological polar surface area (TPSA) is 91.7 Å². The van der Waals surface area contributed by atoms with Gasteiger partial charge >= 0.3 is 0 Å². The van der Waals surface area contributed by atoms with Crippen molar-refractivity contribution in [3.63, 3.8) is 0 Å². The molecule has 0 spiro atoms. The highest BCUT2D eigenvalue weighted by atomic mass is 16.5. The van der Waals surface area contributed by atoms with Crippen LogP contribution < -0.4 is 20.3 Å². The largest absolute Gasteiger partial charge is 0.497 e. The Balaban J connectivity index is 1.24. The summed E-state index contributed by atoms with van der Waals surface area (Å²) in [5, 5.41) is 6.08. The summed E-state index contributed by atoms with van der Waals surface area (Å²) in [6.45, 7) is 2.22. The molecule has 2 N–H and O–H groups in total. The third-order valence-electron chi connectivity index (χ3n) is 6.00. The zero-order valence-electron chi connectivity index (χ0n) is 21.3. The van der Waals surface area contributed by atoms with Gasteiger partial charge in [0.2, 0.25) is 11.9 Å². The quantitative estimate of drug-likeness (QED) is 0.314. The first-order chi connectivity index (χ1) is 18.6. The predicted octanol–water partition coefficient (Wildman–Crippen LogP) is 5.83. The van der Waals surface area contributed by atoms with Gasteiger partial charge in [-0.2, -0.15) is 0 Å². The number of ether oxygens (including phenoxy) is 1. The Labute approximate surface area is 221 Å². The number of nitrogens with zero attached hydrogens (tertiary/aromatic N) is 4. The van der Waals surface area contributed by atoms with E-state index in [2.05, 4.69) is 42.6 Å². The lowest BCUT2D eigenvalue weighted by Gasteiger charge is -2.22. The predicted molar refractivity (Wildman–Crippen MR) is 152 cm³/mol. The van der Waals surface area contributed by atoms with Crippen molar-refractivity contribution in [2.75, 3.05) is 29.2 Å². The zero-order valence-corrected chi connectivity index (χ0v) is 21.3. The summed E-state index contributed by atoms with van der Waals surface area (Å²) in [5.74, 6) is 1.25. The lowest BCUT2D eigenvalue weighted by molar-refractivity contribution is -0.114. The van der Waals surface area contributed by atoms with Gasteiger partial charge in [-0.15, -0.1) is 0 Å². The molecule has 4 aromatic rings. The standard InChI is InChI=1S/C30H28N6O2/c1-21(37)33-24-11-9-23(10-12-24)29-13-15-31-30(35-29)34-26-6-4-7-27(19-26)36-16-14-25(32-20-36)17-22-5-3-8-28(18-22)38-2/h3-15,18-20H,16-17H2,1-2H3,(H,33,37)(H,31,34,35). The molecule has 2 heterocycles. The molecule has 1 aliphatic rings. The maximum Gasteiger partial charge on any atom is 0.227 e. The highest BCUT2D eigenvalue weighted by Gasteiger charge is 2.11. The number of hydrogen-bond acceptors (Lipinski definition) is 7. The highest BCUT2D eigenvalue weighted by molar-refractivity contribution is 5.89. The second kappa shape index (κ2) is 11.4. The van der Waals surface area contributed by atoms with Gasteiger partial charge in [0.25, 0.3) is 0 Å². The van der Waals surface area contributed by atoms with Crippen molar-refractivity contribution in [2.45, 2.75) is 13.3 Å². The van der Waals surface area contributed by atoms with E-state index in [9.17, 15) is 4.79 Å². The lowest BCUT2D eigenvalue weighted by Crippen LogP contribution is -2.24. The average molecular weight is 505 g/mol. The van der Waals surface area contributed by atoms with Gasteiger partial charge < -0.3 is 20.3 Å². The molecule has 0 saturated heterocycles. The number of aliphatic imine (C=N–C) groups is 1. The second-order valence-electron chi connectivity index (χ2n) is 8.82. The van der Waals surface area contributed by atoms with Crippen LogP contribution in [0.2, 0.25) is 0 Å². The van der Waals surface area contributed by atoms with Gasteiger partial charge in [0.15, 0.2) is 0 Å². The Bertz CT molecular complexity index is 1500. The van der Waals surface area contributed by atoms with Crippen molar-refractivity contribution < 1.29 is 9.53 Å². The number of carbonyl (C=O) groups excluding carboxylic acids is 1. The molecule has 0 radical (unpaired) electrons. The normalized spacial score (nSPS) is 12.6. The van der Waals surface area contributed by atoms with E-state index in [-0.39, 0.29) is 5.91 Å². The van der Waals surface area contributed by atoms with E-state index < -0.39 is 0 Å². The number of carbonyl (C=O) groups is 1. The van der Waals surface area contributed by atoms with Crippen LogP contribution in [0.4, 0.5) is 23.0 Å². The number of anilines is 4. The SMILES string of the molecule is COc1cccc(CC2=CCN(c3cccc(Nc4nccc(-c5ccc(NC(C)=O)cc5)n4)c3)C=N2)c1. The van der Waals surface area contributed by atoms with Gasteiger partial charge in [-0.05, 0) is 60.2 Å². The lowest BCUT2D eigenvalue weighted by atomic mass is 10.1. The number of methoxy groups -OCH3 is 1. The molecule has 1 aromatic heterocycles. The number of benzene rings is 3. The number of allylic oxidation sites excluding steroid dienone is 1. The fourth-order valence-electron chi connectivity index (χ4n) is 4.13. The summed E-state index contributed by atoms with van der Waals surface area (Å²) in [5.41, 5.74) is 6.54. The van der Waals surface area contributed by atoms with Gasteiger partial charge in [0.05, 0.1) is 19.1 Å². The molecule has 190 valence electrons. The molecule has 3 aromatic carbocycles. The molecule has 5 rings (SSSR count). The Hall–Kier alpha value is -4.98. The maximum absolute atomic E-state index is 11.3. The summed E-state index contributed by atoms with van der Waals surface area (Å²) in [6, 6.07) is 25.5. The summed E-state index contributed by atoms with van der Waals surface area (Å²) in [7, 11) is 1.68. The Morgan fingerprint density at radius 2 is 1.84 bits per heavy atom. The minimum absolute atomic E-state index is 0.103. The minimum atomic E-state index is -0.103. The van der Waals surface area contributed by atoms with E-state index in [1.807, 2.05) is 79.1 Å². The molecular formula is C30H28N6O2. The Morgan fingerprint density at radius 1 is 1.00 bits per heavy atom. The average Bonchev–Trinajstić information content (AvgIpc) is 2.94. The smallest absolute Gasteiger partial charge is 0.227 e. The summed E-state index contributed by atoms with van der Waals surface area (Å²) in [6.07, 6.45) is 6.49. The number of amides is 1. The molecule has 0 unspecified atom stereocenters. The van der Waals surface area contributed by atoms with E-state index in [0.717, 1.165) is 52.7 Å². The van der Waals surface area contributed by atoms with Crippen LogP contribution in [-0.2, 0) is 11.2 Å². The first-order valence-electron chi connectivity index (χ1n) is 12.3. The first-order valence-corrected chi connectivity index (χ1v) is 12.3. The number of hydrogen-bond donors (Lipinski definition) is 2. The molecule has 0 bridgehead atoms. The molecule has 8 heteroatoms. The fraction of sp³-hybridized carbons (Fsp3) is 0.133. The molecule has 0 aliphatic carbocycles. The van der Waals surface area contributed by atoms with Crippen LogP contribution in [0.1, 0.15) is 12.5 Å². The van der Waals surface area contributed by atoms with Crippen molar-refractivity contribution in [3.8, 4) is 17.0 Å². The van der Waals surface area contributed by atoms with Crippen LogP contribution in [0, 0.1) is 0 Å². The van der Waals surface area contributed by atoms with Gasteiger partial charge in [-0.25, -0.2) is 15.0 Å². The van der Waals surface area contributed by atoms with Crippen LogP contribution in [0.5, 0.6) is 5.75 Å². The van der Waals surface area contributed by atoms with Crippen LogP contribution in [0.15, 0.2) is 102 Å². The van der Waals surface area contributed by atoms with E-state index in [0.29, 0.717) is 5.95 Å². The van der Waals surface area contributed by atoms with Gasteiger partial charge in [0, 0.05) is 54.4 Å². The number of nitrogens with one attached hydrogen (secondary N) is 2. The van der Waals surface area contributed by atoms with Crippen molar-refractivity contribution in [3.05, 3.63) is 102 Å². The Morgan fingerprint density at radius 3 is 2.61 bits per heavy atom. The number of aromatic nitrogens is 2. The molecule has 0 saturated carbocycles. The monoisotopic (exact) mass is 504 g/mol. The molecular weight excluding hydrogens is 476 g/mol. The summed E-state index contributed by atoms with van der Waals surface area (Å²) in [4.78, 5) is 27.1. The van der Waals surface area contributed by atoms with Crippen LogP contribution in [0.3, 0.4) is 0 Å². The van der Waals surface area contributed by atoms with Crippen LogP contribution in [0.25, 0.3) is 11.3 Å². The first kappa shape index (κ1) is 24.7. The van der Waals surface area contributed by atoms with Gasteiger partial charge in [-0.3, -0.25) is 4.79 Å². The number of rotatable bonds is 8. The summed E-state index contributed by atoms with van der Waals surface area (Å²) >= 11 is 0. The minimum Gasteiger partial charge on any atom is -0.497 e. The second-order valence-corrected chi connectivity index (χ2v) is 8.82. The van der Waals surface area contributed by atoms with E-state index >= 15 is 0 Å². The van der Waals surface area contributed by atoms with Crippen LogP contribution >= 0.6 is 0 Å². The molecule has 8 nitrogen and oxygen atoms in total. The van der Waals surface area contributed by atoms with Crippen molar-refractivity contribution >= 4 is 35.3 Å². The molecule has 38 heavy (non-hydrogen) atoms. The third kappa shape index (κ3) is 6.22. The molecule has 0 atom stereocenters. The highest BCUT2D eigenvalue weighted by Crippen LogP contribution is 2.25. The third-order valence-corrected chi connectivity index (χ3v) is 6.00. The van der Waals surface area contributed by atoms with Gasteiger partial charge in [0.1, 0.15) is 5.75 Å². The fourth-order valence-corrected chi connectivity index (χ4v) is 4.13. The van der Waals surface area contributed by atoms with Crippen LogP contribution in [-0.4, -0.2) is 35.9 Å². The van der Waals surface area contributed by atoms with Crippen molar-refractivity contribution in [2.24, 2.45) is 4.99 Å². The zero-order chi connectivity index (χ0) is 26.3. The van der Waals surface area contributed by atoms with Crippen molar-refractivity contribution in [1.82, 2.24) is 9.97 Å². The van der Waals surface area contributed by atoms with E-state index in [4.69, 9.17) is 4.74 Å². The Kier molecular flexibility index (Phi) is 7.40. The molecule has 1 amide bonds. The van der Waals surface area contributed by atoms with E-state index in [1.165, 1.54) is 12.5 Å². The molecule has 0 fully saturated rings. The van der Waals surface area contributed by atoms with E-state index in [1.54, 1.807) is 13.3 Å². The molecule has 1 aliphatic heterocycles. The summed E-state index contributed by atoms with van der Waals surface area (Å²) < 4.78 is 5.32. The van der Waals surface area contributed by atoms with Crippen molar-refractivity contribution in [1.29, 1.82) is 0 Å². The van der Waals surface area contributed by atoms with Gasteiger partial charge in [-0.1, -0.05) is 30.3 Å². The maximum atomic E-state index is 11.3.